The number of nitrogens with zero attached hydrogens (tertiary/aromatic N) is 1. The molecule has 0 bridgehead atoms. The van der Waals surface area contributed by atoms with E-state index in [0.717, 1.165) is 30.9 Å². The molecule has 0 spiro atoms. The van der Waals surface area contributed by atoms with Gasteiger partial charge in [0.25, 0.3) is 10.1 Å². The lowest BCUT2D eigenvalue weighted by Crippen LogP contribution is -2.26. The maximum Gasteiger partial charge on any atom is 0.294 e. The van der Waals surface area contributed by atoms with Crippen molar-refractivity contribution < 1.29 is 17.7 Å². The van der Waals surface area contributed by atoms with E-state index in [0.29, 0.717) is 5.56 Å². The Hall–Kier alpha value is -2.09. The standard InChI is InChI=1S/C12H20N2O.C7H8O3S/c1-4-14(7-8-15-3)11-5-6-12(13)10(2)9-11;1-6-4-2-3-5-7(6)11(8,9)10/h5-6,9H,4,7-8,13H2,1-3H3;2-5H,1H3,(H,8,9,10). The lowest BCUT2D eigenvalue weighted by Gasteiger charge is -2.23. The van der Waals surface area contributed by atoms with Crippen LogP contribution in [0.2, 0.25) is 0 Å². The summed E-state index contributed by atoms with van der Waals surface area (Å²) in [6, 6.07) is 12.4. The maximum atomic E-state index is 10.6. The summed E-state index contributed by atoms with van der Waals surface area (Å²) >= 11 is 0. The summed E-state index contributed by atoms with van der Waals surface area (Å²) in [5.74, 6) is 0. The van der Waals surface area contributed by atoms with Gasteiger partial charge < -0.3 is 15.4 Å². The molecule has 0 amide bonds. The topological polar surface area (TPSA) is 92.9 Å². The Balaban J connectivity index is 0.000000273. The summed E-state index contributed by atoms with van der Waals surface area (Å²) in [7, 11) is -2.31. The summed E-state index contributed by atoms with van der Waals surface area (Å²) in [5, 5.41) is 0. The van der Waals surface area contributed by atoms with Gasteiger partial charge in [-0.1, -0.05) is 18.2 Å². The minimum atomic E-state index is -4.03. The summed E-state index contributed by atoms with van der Waals surface area (Å²) < 4.78 is 34.9. The van der Waals surface area contributed by atoms with Crippen LogP contribution in [0.25, 0.3) is 0 Å². The molecule has 2 rings (SSSR count). The molecule has 2 aromatic rings. The van der Waals surface area contributed by atoms with Crippen LogP contribution in [0, 0.1) is 13.8 Å². The lowest BCUT2D eigenvalue weighted by atomic mass is 10.1. The van der Waals surface area contributed by atoms with Gasteiger partial charge in [-0.15, -0.1) is 0 Å². The number of nitrogens with two attached hydrogens (primary N) is 1. The highest BCUT2D eigenvalue weighted by molar-refractivity contribution is 7.85. The van der Waals surface area contributed by atoms with Crippen molar-refractivity contribution in [2.45, 2.75) is 25.7 Å². The molecule has 0 unspecified atom stereocenters. The number of methoxy groups -OCH3 is 1. The Labute approximate surface area is 156 Å². The zero-order valence-electron chi connectivity index (χ0n) is 15.8. The summed E-state index contributed by atoms with van der Waals surface area (Å²) in [4.78, 5) is 2.25. The first kappa shape index (κ1) is 22.0. The van der Waals surface area contributed by atoms with Crippen molar-refractivity contribution in [2.75, 3.05) is 37.4 Å². The van der Waals surface area contributed by atoms with Crippen LogP contribution in [-0.4, -0.2) is 39.8 Å². The first-order valence-electron chi connectivity index (χ1n) is 8.33. The first-order valence-corrected chi connectivity index (χ1v) is 9.77. The van der Waals surface area contributed by atoms with Crippen LogP contribution in [0.1, 0.15) is 18.1 Å². The number of benzene rings is 2. The number of anilines is 2. The van der Waals surface area contributed by atoms with Gasteiger partial charge >= 0.3 is 0 Å². The van der Waals surface area contributed by atoms with E-state index in [4.69, 9.17) is 15.0 Å². The zero-order chi connectivity index (χ0) is 19.7. The van der Waals surface area contributed by atoms with Gasteiger partial charge in [0.05, 0.1) is 11.5 Å². The molecule has 0 aliphatic rings. The highest BCUT2D eigenvalue weighted by Crippen LogP contribution is 2.20. The van der Waals surface area contributed by atoms with Crippen molar-refractivity contribution in [3.63, 3.8) is 0 Å². The van der Waals surface area contributed by atoms with E-state index >= 15 is 0 Å². The van der Waals surface area contributed by atoms with Crippen LogP contribution in [0.3, 0.4) is 0 Å². The van der Waals surface area contributed by atoms with Crippen LogP contribution < -0.4 is 10.6 Å². The molecule has 144 valence electrons. The molecule has 0 heterocycles. The van der Waals surface area contributed by atoms with Gasteiger partial charge in [-0.2, -0.15) is 8.42 Å². The van der Waals surface area contributed by atoms with E-state index in [9.17, 15) is 8.42 Å². The first-order chi connectivity index (χ1) is 12.2. The zero-order valence-corrected chi connectivity index (χ0v) is 16.6. The van der Waals surface area contributed by atoms with Crippen molar-refractivity contribution in [1.82, 2.24) is 0 Å². The fraction of sp³-hybridized carbons (Fsp3) is 0.368. The molecule has 0 fully saturated rings. The van der Waals surface area contributed by atoms with Crippen LogP contribution in [0.5, 0.6) is 0 Å². The molecule has 0 radical (unpaired) electrons. The number of likely N-dealkylation sites (N-methyl/N-ethyl adjacent to an activating group) is 1. The maximum absolute atomic E-state index is 10.6. The van der Waals surface area contributed by atoms with Gasteiger partial charge in [0, 0.05) is 31.6 Å². The van der Waals surface area contributed by atoms with Crippen LogP contribution in [0.4, 0.5) is 11.4 Å². The SMILES string of the molecule is CCN(CCOC)c1ccc(N)c(C)c1.Cc1ccccc1S(=O)(=O)O. The van der Waals surface area contributed by atoms with Crippen LogP contribution >= 0.6 is 0 Å². The van der Waals surface area contributed by atoms with Crippen molar-refractivity contribution in [3.05, 3.63) is 53.6 Å². The predicted octanol–water partition coefficient (Wildman–Crippen LogP) is 3.29. The number of rotatable bonds is 6. The van der Waals surface area contributed by atoms with Gasteiger partial charge in [0.15, 0.2) is 0 Å². The lowest BCUT2D eigenvalue weighted by molar-refractivity contribution is 0.205. The van der Waals surface area contributed by atoms with Crippen molar-refractivity contribution in [2.24, 2.45) is 0 Å². The Morgan fingerprint density at radius 1 is 1.12 bits per heavy atom. The monoisotopic (exact) mass is 380 g/mol. The third kappa shape index (κ3) is 6.67. The summed E-state index contributed by atoms with van der Waals surface area (Å²) in [6.07, 6.45) is 0. The van der Waals surface area contributed by atoms with Gasteiger partial charge in [0.2, 0.25) is 0 Å². The molecule has 2 aromatic carbocycles. The Morgan fingerprint density at radius 2 is 1.77 bits per heavy atom. The second kappa shape index (κ2) is 10.2. The van der Waals surface area contributed by atoms with E-state index in [1.807, 2.05) is 13.0 Å². The highest BCUT2D eigenvalue weighted by Gasteiger charge is 2.10. The minimum absolute atomic E-state index is 0.0278. The smallest absolute Gasteiger partial charge is 0.294 e. The van der Waals surface area contributed by atoms with E-state index in [-0.39, 0.29) is 4.90 Å². The van der Waals surface area contributed by atoms with E-state index in [1.54, 1.807) is 32.2 Å². The molecule has 7 heteroatoms. The average molecular weight is 381 g/mol. The van der Waals surface area contributed by atoms with Crippen molar-refractivity contribution >= 4 is 21.5 Å². The third-order valence-electron chi connectivity index (χ3n) is 3.94. The number of hydrogen-bond donors (Lipinski definition) is 2. The molecular weight excluding hydrogens is 352 g/mol. The van der Waals surface area contributed by atoms with E-state index in [1.165, 1.54) is 11.8 Å². The van der Waals surface area contributed by atoms with Crippen molar-refractivity contribution in [1.29, 1.82) is 0 Å². The van der Waals surface area contributed by atoms with Crippen LogP contribution in [-0.2, 0) is 14.9 Å². The molecule has 26 heavy (non-hydrogen) atoms. The van der Waals surface area contributed by atoms with E-state index in [2.05, 4.69) is 24.0 Å². The number of ether oxygens (including phenoxy) is 1. The van der Waals surface area contributed by atoms with Gasteiger partial charge in [-0.25, -0.2) is 0 Å². The third-order valence-corrected chi connectivity index (χ3v) is 4.95. The van der Waals surface area contributed by atoms with Gasteiger partial charge in [-0.3, -0.25) is 4.55 Å². The number of nitrogen functional groups attached to an aromatic ring is 1. The normalized spacial score (nSPS) is 10.8. The molecule has 0 aliphatic carbocycles. The molecular formula is C19H28N2O4S. The summed E-state index contributed by atoms with van der Waals surface area (Å²) in [6.45, 7) is 8.44. The summed E-state index contributed by atoms with van der Waals surface area (Å²) in [5.41, 5.74) is 9.52. The van der Waals surface area contributed by atoms with Gasteiger partial charge in [-0.05, 0) is 56.2 Å². The number of hydrogen-bond acceptors (Lipinski definition) is 5. The number of aryl methyl sites for hydroxylation is 2. The highest BCUT2D eigenvalue weighted by atomic mass is 32.2. The quantitative estimate of drug-likeness (QED) is 0.590. The Kier molecular flexibility index (Phi) is 8.57. The van der Waals surface area contributed by atoms with Crippen LogP contribution in [0.15, 0.2) is 47.4 Å². The largest absolute Gasteiger partial charge is 0.399 e. The Morgan fingerprint density at radius 3 is 2.23 bits per heavy atom. The fourth-order valence-electron chi connectivity index (χ4n) is 2.37. The Bertz CT molecular complexity index is 807. The predicted molar refractivity (Wildman–Crippen MR) is 106 cm³/mol. The molecule has 0 atom stereocenters. The minimum Gasteiger partial charge on any atom is -0.399 e. The average Bonchev–Trinajstić information content (AvgIpc) is 2.58. The molecule has 6 nitrogen and oxygen atoms in total. The molecule has 0 aliphatic heterocycles. The molecule has 0 aromatic heterocycles. The molecule has 0 saturated heterocycles. The molecule has 3 N–H and O–H groups in total. The fourth-order valence-corrected chi connectivity index (χ4v) is 3.10. The second-order valence-electron chi connectivity index (χ2n) is 5.85. The van der Waals surface area contributed by atoms with E-state index < -0.39 is 10.1 Å². The second-order valence-corrected chi connectivity index (χ2v) is 7.24. The van der Waals surface area contributed by atoms with Crippen molar-refractivity contribution in [3.8, 4) is 0 Å². The molecule has 0 saturated carbocycles. The van der Waals surface area contributed by atoms with Gasteiger partial charge in [0.1, 0.15) is 0 Å².